The number of hydrogen-bond donors (Lipinski definition) is 0. The molecule has 6 heavy (non-hydrogen) atoms. The Hall–Kier alpha value is 0.312. The van der Waals surface area contributed by atoms with Gasteiger partial charge in [-0.05, 0) is 0 Å². The van der Waals surface area contributed by atoms with E-state index in [0.29, 0.717) is 0 Å². The molecule has 0 atom stereocenters. The van der Waals surface area contributed by atoms with Gasteiger partial charge in [-0.25, -0.2) is 0 Å². The van der Waals surface area contributed by atoms with Gasteiger partial charge in [-0.2, -0.15) is 0 Å². The van der Waals surface area contributed by atoms with E-state index in [1.807, 2.05) is 0 Å². The molecular formula is C3H5AlClN. The van der Waals surface area contributed by atoms with Gasteiger partial charge in [-0.3, -0.25) is 0 Å². The van der Waals surface area contributed by atoms with E-state index in [0.717, 1.165) is 0 Å². The molecule has 0 heterocycles. The molecule has 0 radical (unpaired) electrons. The summed E-state index contributed by atoms with van der Waals surface area (Å²) in [6.07, 6.45) is 0. The van der Waals surface area contributed by atoms with E-state index >= 15 is 0 Å². The van der Waals surface area contributed by atoms with Gasteiger partial charge in [0.25, 0.3) is 0 Å². The van der Waals surface area contributed by atoms with Crippen LogP contribution in [-0.2, 0) is 0 Å². The second-order valence-electron chi connectivity index (χ2n) is 0.408. The predicted octanol–water partition coefficient (Wildman–Crippen LogP) is -2.31. The molecule has 0 bridgehead atoms. The quantitative estimate of drug-likeness (QED) is 0.259. The van der Waals surface area contributed by atoms with Crippen molar-refractivity contribution in [3.8, 4) is 0 Å². The van der Waals surface area contributed by atoms with Crippen LogP contribution in [0.4, 0.5) is 0 Å². The van der Waals surface area contributed by atoms with Crippen LogP contribution in [0.25, 0.3) is 0 Å². The van der Waals surface area contributed by atoms with Crippen LogP contribution in [0.2, 0.25) is 5.28 Å². The molecule has 0 saturated carbocycles. The Morgan fingerprint density at radius 3 is 1.67 bits per heavy atom. The van der Waals surface area contributed by atoms with Crippen molar-refractivity contribution >= 4 is 16.3 Å². The summed E-state index contributed by atoms with van der Waals surface area (Å²) in [5.41, 5.74) is 0. The van der Waals surface area contributed by atoms with Crippen molar-refractivity contribution < 1.29 is 12.4 Å². The zero-order valence-electron chi connectivity index (χ0n) is 3.61. The standard InChI is InChI=1S/C2H5.CN.Al.ClH/c2*1-2;;/h1H2,2H3;;;1H/q;-1;+2;/p-1. The first kappa shape index (κ1) is 16.2. The van der Waals surface area contributed by atoms with E-state index in [2.05, 4.69) is 23.2 Å². The van der Waals surface area contributed by atoms with Crippen LogP contribution < -0.4 is 12.4 Å². The molecule has 0 rings (SSSR count). The Morgan fingerprint density at radius 1 is 1.67 bits per heavy atom. The van der Waals surface area contributed by atoms with Gasteiger partial charge in [-0.15, -0.1) is 0 Å². The van der Waals surface area contributed by atoms with Gasteiger partial charge in [0.1, 0.15) is 0 Å². The largest absolute Gasteiger partial charge is 1.00 e. The molecule has 3 heteroatoms. The van der Waals surface area contributed by atoms with Crippen molar-refractivity contribution in [3.05, 3.63) is 6.57 Å². The minimum Gasteiger partial charge on any atom is -1.00 e. The minimum absolute atomic E-state index is 0. The van der Waals surface area contributed by atoms with Crippen LogP contribution >= 0.6 is 0 Å². The third-order valence-electron chi connectivity index (χ3n) is 0. The first-order valence-corrected chi connectivity index (χ1v) is 2.16. The van der Waals surface area contributed by atoms with Gasteiger partial charge < -0.3 is 24.2 Å². The SMILES string of the molecule is C[CH2][Al+2].[C-]#N.[Cl-]. The molecule has 0 aromatic rings. The van der Waals surface area contributed by atoms with Crippen LogP contribution in [0, 0.1) is 11.8 Å². The Kier molecular flexibility index (Phi) is 155. The van der Waals surface area contributed by atoms with Gasteiger partial charge in [0.2, 0.25) is 0 Å². The molecule has 0 aliphatic rings. The average molecular weight is 118 g/mol. The Balaban J connectivity index is -0.0000000275. The van der Waals surface area contributed by atoms with Crippen LogP contribution in [0.1, 0.15) is 6.92 Å². The molecular weight excluding hydrogens is 112 g/mol. The minimum atomic E-state index is 0. The summed E-state index contributed by atoms with van der Waals surface area (Å²) in [4.78, 5) is 0. The molecule has 32 valence electrons. The van der Waals surface area contributed by atoms with Crippen molar-refractivity contribution in [1.29, 1.82) is 5.26 Å². The summed E-state index contributed by atoms with van der Waals surface area (Å²) in [6, 6.07) is 0. The van der Waals surface area contributed by atoms with Crippen molar-refractivity contribution in [3.63, 3.8) is 0 Å². The summed E-state index contributed by atoms with van der Waals surface area (Å²) < 4.78 is 0. The molecule has 0 amide bonds. The molecule has 0 aliphatic carbocycles. The zero-order valence-corrected chi connectivity index (χ0v) is 5.52. The Morgan fingerprint density at radius 2 is 1.67 bits per heavy atom. The summed E-state index contributed by atoms with van der Waals surface area (Å²) in [6.45, 7) is 6.84. The van der Waals surface area contributed by atoms with Crippen LogP contribution in [0.3, 0.4) is 0 Å². The van der Waals surface area contributed by atoms with Crippen LogP contribution in [-0.4, -0.2) is 16.3 Å². The van der Waals surface area contributed by atoms with Crippen LogP contribution in [0.5, 0.6) is 0 Å². The van der Waals surface area contributed by atoms with Crippen molar-refractivity contribution in [2.24, 2.45) is 0 Å². The number of nitrogens with zero attached hydrogens (tertiary/aromatic N) is 1. The topological polar surface area (TPSA) is 23.8 Å². The summed E-state index contributed by atoms with van der Waals surface area (Å²) in [7, 11) is 0. The maximum absolute atomic E-state index is 6.25. The van der Waals surface area contributed by atoms with E-state index in [1.165, 1.54) is 5.28 Å². The molecule has 0 fully saturated rings. The zero-order chi connectivity index (χ0) is 4.71. The summed E-state index contributed by atoms with van der Waals surface area (Å²) in [5, 5.41) is 7.42. The predicted molar refractivity (Wildman–Crippen MR) is 21.2 cm³/mol. The number of halogens is 1. The first-order valence-electron chi connectivity index (χ1n) is 1.34. The van der Waals surface area contributed by atoms with E-state index in [-0.39, 0.29) is 12.4 Å². The molecule has 0 saturated heterocycles. The summed E-state index contributed by atoms with van der Waals surface area (Å²) in [5.74, 6) is 0. The van der Waals surface area contributed by atoms with Crippen molar-refractivity contribution in [1.82, 2.24) is 0 Å². The van der Waals surface area contributed by atoms with Gasteiger partial charge in [-0.1, -0.05) is 0 Å². The molecule has 0 unspecified atom stereocenters. The second-order valence-corrected chi connectivity index (χ2v) is 1.22. The van der Waals surface area contributed by atoms with E-state index < -0.39 is 0 Å². The second kappa shape index (κ2) is 57.4. The fraction of sp³-hybridized carbons (Fsp3) is 0.667. The van der Waals surface area contributed by atoms with E-state index in [9.17, 15) is 0 Å². The number of hydrogen-bond acceptors (Lipinski definition) is 1. The maximum atomic E-state index is 6.25. The van der Waals surface area contributed by atoms with Gasteiger partial charge >= 0.3 is 28.5 Å². The van der Waals surface area contributed by atoms with E-state index in [1.54, 1.807) is 0 Å². The fourth-order valence-electron chi connectivity index (χ4n) is 0. The monoisotopic (exact) mass is 117 g/mol. The average Bonchev–Trinajstić information content (AvgIpc) is 1.46. The van der Waals surface area contributed by atoms with Gasteiger partial charge in [0, 0.05) is 0 Å². The fourth-order valence-corrected chi connectivity index (χ4v) is 0. The molecule has 0 aromatic heterocycles. The molecule has 0 aromatic carbocycles. The molecule has 0 aliphatic heterocycles. The molecule has 1 nitrogen and oxygen atoms in total. The third-order valence-corrected chi connectivity index (χ3v) is 0. The summed E-state index contributed by atoms with van der Waals surface area (Å²) >= 11 is 2.58. The Bertz CT molecular complexity index is 22.0. The van der Waals surface area contributed by atoms with Gasteiger partial charge in [0.15, 0.2) is 0 Å². The normalized spacial score (nSPS) is 3.50. The smallest absolute Gasteiger partial charge is 0.488 e. The Labute approximate surface area is 53.2 Å². The molecule has 0 N–H and O–H groups in total. The van der Waals surface area contributed by atoms with Crippen molar-refractivity contribution in [2.75, 3.05) is 0 Å². The number of rotatable bonds is 0. The molecule has 0 spiro atoms. The van der Waals surface area contributed by atoms with E-state index in [4.69, 9.17) is 11.8 Å². The van der Waals surface area contributed by atoms with Crippen molar-refractivity contribution in [2.45, 2.75) is 12.2 Å². The maximum Gasteiger partial charge on any atom is -0.488 e. The third kappa shape index (κ3) is 485. The van der Waals surface area contributed by atoms with Crippen LogP contribution in [0.15, 0.2) is 0 Å². The first-order chi connectivity index (χ1) is 2.41. The van der Waals surface area contributed by atoms with Gasteiger partial charge in [0.05, 0.1) is 0 Å².